The van der Waals surface area contributed by atoms with Gasteiger partial charge in [-0.1, -0.05) is 26.3 Å². The second-order valence-corrected chi connectivity index (χ2v) is 11.7. The quantitative estimate of drug-likeness (QED) is 0.621. The maximum Gasteiger partial charge on any atom is 0.0942 e. The van der Waals surface area contributed by atoms with Crippen LogP contribution in [-0.2, 0) is 9.47 Å². The maximum absolute atomic E-state index is 11.5. The van der Waals surface area contributed by atoms with Crippen LogP contribution in [0.15, 0.2) is 34.2 Å². The van der Waals surface area contributed by atoms with Crippen LogP contribution in [0.3, 0.4) is 0 Å². The topological polar surface area (TPSA) is 92.3 Å². The highest BCUT2D eigenvalue weighted by atomic mass is 16.6. The number of aliphatic hydroxyl groups is 3. The smallest absolute Gasteiger partial charge is 0.0942 e. The first kappa shape index (κ1) is 21.4. The van der Waals surface area contributed by atoms with Gasteiger partial charge >= 0.3 is 0 Å². The lowest BCUT2D eigenvalue weighted by Gasteiger charge is -2.65. The van der Waals surface area contributed by atoms with Gasteiger partial charge in [0.1, 0.15) is 0 Å². The molecule has 0 unspecified atom stereocenters. The summed E-state index contributed by atoms with van der Waals surface area (Å²) in [5.41, 5.74) is 2.59. The van der Waals surface area contributed by atoms with E-state index >= 15 is 0 Å². The van der Waals surface area contributed by atoms with Gasteiger partial charge in [0.2, 0.25) is 0 Å². The van der Waals surface area contributed by atoms with E-state index in [0.717, 1.165) is 6.42 Å². The zero-order valence-electron chi connectivity index (χ0n) is 19.5. The lowest BCUT2D eigenvalue weighted by atomic mass is 9.40. The lowest BCUT2D eigenvalue weighted by Crippen LogP contribution is -2.70. The monoisotopic (exact) mass is 444 g/mol. The van der Waals surface area contributed by atoms with E-state index < -0.39 is 23.0 Å². The van der Waals surface area contributed by atoms with Gasteiger partial charge in [-0.2, -0.15) is 0 Å². The molecular weight excluding hydrogens is 408 g/mol. The Morgan fingerprint density at radius 3 is 2.59 bits per heavy atom. The van der Waals surface area contributed by atoms with Crippen molar-refractivity contribution in [2.75, 3.05) is 13.2 Å². The molecule has 0 amide bonds. The van der Waals surface area contributed by atoms with Gasteiger partial charge in [-0.15, -0.1) is 0 Å². The molecule has 1 aromatic rings. The largest absolute Gasteiger partial charge is 0.472 e. The van der Waals surface area contributed by atoms with Gasteiger partial charge in [0.25, 0.3) is 0 Å². The molecule has 4 fully saturated rings. The van der Waals surface area contributed by atoms with Gasteiger partial charge in [-0.3, -0.25) is 0 Å². The molecule has 0 aromatic carbocycles. The van der Waals surface area contributed by atoms with E-state index in [4.69, 9.17) is 13.9 Å². The number of fused-ring (bicyclic) bond motifs is 4. The van der Waals surface area contributed by atoms with E-state index in [9.17, 15) is 15.3 Å². The van der Waals surface area contributed by atoms with Gasteiger partial charge in [0.05, 0.1) is 49.7 Å². The molecule has 2 aliphatic heterocycles. The third kappa shape index (κ3) is 2.28. The SMILES string of the molecule is CC1=C2[C@@H](C[C@H]1c1ccoc1)O[C@@H]1[C@@H]3OC[C@]4(C)[C@H](O)C[C@@H](O)[C@@](C)([C@@H]34)[C@@H](CCO)[C@]21C. The van der Waals surface area contributed by atoms with Crippen LogP contribution in [0.1, 0.15) is 58.4 Å². The van der Waals surface area contributed by atoms with Crippen LogP contribution in [0, 0.1) is 28.1 Å². The van der Waals surface area contributed by atoms with E-state index in [1.54, 1.807) is 6.26 Å². The molecule has 6 rings (SSSR count). The molecule has 176 valence electrons. The molecule has 0 bridgehead atoms. The standard InChI is InChI=1S/C26H36O6/c1-13-15(14-6-8-30-11-14)9-16-20(13)26(4)17(5-7-27)25(3)19(29)10-18(28)24(2)12-31-21(22(24)25)23(26)32-16/h6,8,11,15-19,21-23,27-29H,5,7,9-10,12H2,1-4H3/t15-,16-,17-,18-,19-,21-,22+,23-,24-,25+,26-/m1/s1. The molecule has 0 radical (unpaired) electrons. The van der Waals surface area contributed by atoms with Crippen molar-refractivity contribution in [3.8, 4) is 0 Å². The predicted molar refractivity (Wildman–Crippen MR) is 117 cm³/mol. The Morgan fingerprint density at radius 2 is 1.91 bits per heavy atom. The molecule has 2 saturated carbocycles. The molecule has 32 heavy (non-hydrogen) atoms. The fraction of sp³-hybridized carbons (Fsp3) is 0.769. The fourth-order valence-electron chi connectivity index (χ4n) is 9.23. The summed E-state index contributed by atoms with van der Waals surface area (Å²) in [5.74, 6) is 0.264. The maximum atomic E-state index is 11.5. The Morgan fingerprint density at radius 1 is 1.12 bits per heavy atom. The Balaban J connectivity index is 1.53. The third-order valence-corrected chi connectivity index (χ3v) is 10.6. The Kier molecular flexibility index (Phi) is 4.47. The number of ether oxygens (including phenoxy) is 2. The normalized spacial score (nSPS) is 54.0. The number of allylic oxidation sites excluding steroid dienone is 1. The second kappa shape index (κ2) is 6.70. The Bertz CT molecular complexity index is 940. The molecule has 1 aromatic heterocycles. The molecule has 3 N–H and O–H groups in total. The number of hydrogen-bond acceptors (Lipinski definition) is 6. The van der Waals surface area contributed by atoms with Crippen molar-refractivity contribution >= 4 is 0 Å². The van der Waals surface area contributed by atoms with Crippen LogP contribution in [0.5, 0.6) is 0 Å². The van der Waals surface area contributed by atoms with Gasteiger partial charge in [0, 0.05) is 41.1 Å². The summed E-state index contributed by atoms with van der Waals surface area (Å²) in [6.45, 7) is 9.34. The van der Waals surface area contributed by atoms with Crippen molar-refractivity contribution < 1.29 is 29.2 Å². The molecule has 6 heteroatoms. The first-order chi connectivity index (χ1) is 15.2. The zero-order chi connectivity index (χ0) is 22.6. The second-order valence-electron chi connectivity index (χ2n) is 11.7. The molecule has 6 nitrogen and oxygen atoms in total. The third-order valence-electron chi connectivity index (χ3n) is 10.6. The summed E-state index contributed by atoms with van der Waals surface area (Å²) in [6.07, 6.45) is 3.82. The van der Waals surface area contributed by atoms with Crippen molar-refractivity contribution in [3.05, 3.63) is 35.3 Å². The van der Waals surface area contributed by atoms with E-state index in [1.165, 1.54) is 16.7 Å². The van der Waals surface area contributed by atoms with E-state index in [0.29, 0.717) is 19.4 Å². The van der Waals surface area contributed by atoms with E-state index in [-0.39, 0.29) is 48.1 Å². The van der Waals surface area contributed by atoms with Gasteiger partial charge in [-0.25, -0.2) is 0 Å². The Hall–Kier alpha value is -1.18. The van der Waals surface area contributed by atoms with Crippen LogP contribution < -0.4 is 0 Å². The fourth-order valence-corrected chi connectivity index (χ4v) is 9.23. The number of hydrogen-bond donors (Lipinski definition) is 3. The molecule has 3 aliphatic carbocycles. The van der Waals surface area contributed by atoms with Gasteiger partial charge in [0.15, 0.2) is 0 Å². The zero-order valence-corrected chi connectivity index (χ0v) is 19.5. The van der Waals surface area contributed by atoms with Crippen molar-refractivity contribution in [2.24, 2.45) is 28.1 Å². The lowest BCUT2D eigenvalue weighted by molar-refractivity contribution is -0.243. The highest BCUT2D eigenvalue weighted by Crippen LogP contribution is 2.73. The van der Waals surface area contributed by atoms with Crippen LogP contribution in [0.2, 0.25) is 0 Å². The van der Waals surface area contributed by atoms with E-state index in [2.05, 4.69) is 27.7 Å². The van der Waals surface area contributed by atoms with Crippen LogP contribution >= 0.6 is 0 Å². The highest BCUT2D eigenvalue weighted by molar-refractivity contribution is 5.45. The molecule has 11 atom stereocenters. The number of furan rings is 1. The molecule has 3 heterocycles. The summed E-state index contributed by atoms with van der Waals surface area (Å²) >= 11 is 0. The van der Waals surface area contributed by atoms with E-state index in [1.807, 2.05) is 12.3 Å². The van der Waals surface area contributed by atoms with Gasteiger partial charge in [-0.05, 0) is 42.9 Å². The minimum Gasteiger partial charge on any atom is -0.472 e. The van der Waals surface area contributed by atoms with Crippen LogP contribution in [0.25, 0.3) is 0 Å². The van der Waals surface area contributed by atoms with Gasteiger partial charge < -0.3 is 29.2 Å². The number of rotatable bonds is 3. The number of aliphatic hydroxyl groups excluding tert-OH is 3. The predicted octanol–water partition coefficient (Wildman–Crippen LogP) is 3.02. The molecule has 5 aliphatic rings. The Labute approximate surface area is 189 Å². The minimum atomic E-state index is -0.653. The highest BCUT2D eigenvalue weighted by Gasteiger charge is 2.76. The summed E-state index contributed by atoms with van der Waals surface area (Å²) in [7, 11) is 0. The van der Waals surface area contributed by atoms with Crippen molar-refractivity contribution in [2.45, 2.75) is 83.4 Å². The van der Waals surface area contributed by atoms with Crippen LogP contribution in [0.4, 0.5) is 0 Å². The summed E-state index contributed by atoms with van der Waals surface area (Å²) < 4.78 is 18.7. The average Bonchev–Trinajstić information content (AvgIpc) is 3.50. The molecule has 2 saturated heterocycles. The average molecular weight is 445 g/mol. The first-order valence-electron chi connectivity index (χ1n) is 12.2. The first-order valence-corrected chi connectivity index (χ1v) is 12.2. The van der Waals surface area contributed by atoms with Crippen molar-refractivity contribution in [1.82, 2.24) is 0 Å². The van der Waals surface area contributed by atoms with Crippen molar-refractivity contribution in [1.29, 1.82) is 0 Å². The van der Waals surface area contributed by atoms with Crippen molar-refractivity contribution in [3.63, 3.8) is 0 Å². The summed E-state index contributed by atoms with van der Waals surface area (Å²) in [4.78, 5) is 0. The molecule has 0 spiro atoms. The minimum absolute atomic E-state index is 0.00682. The summed E-state index contributed by atoms with van der Waals surface area (Å²) in [6, 6.07) is 2.04. The summed E-state index contributed by atoms with van der Waals surface area (Å²) in [5, 5.41) is 32.7. The van der Waals surface area contributed by atoms with Crippen LogP contribution in [-0.4, -0.2) is 59.1 Å². The molecular formula is C26H36O6.